The minimum absolute atomic E-state index is 0.0962. The van der Waals surface area contributed by atoms with E-state index in [1.165, 1.54) is 29.3 Å². The van der Waals surface area contributed by atoms with Gasteiger partial charge in [-0.15, -0.1) is 5.10 Å². The van der Waals surface area contributed by atoms with E-state index >= 15 is 0 Å². The van der Waals surface area contributed by atoms with Crippen molar-refractivity contribution in [3.63, 3.8) is 0 Å². The molecule has 0 aliphatic heterocycles. The number of H-pyrrole nitrogens is 1. The number of anilines is 1. The first-order chi connectivity index (χ1) is 11.0. The lowest BCUT2D eigenvalue weighted by atomic mass is 10.2. The zero-order valence-corrected chi connectivity index (χ0v) is 12.9. The molecule has 0 unspecified atom stereocenters. The minimum atomic E-state index is -0.509. The molecule has 23 heavy (non-hydrogen) atoms. The highest BCUT2D eigenvalue weighted by atomic mass is 35.5. The Hall–Kier alpha value is -2.45. The maximum atomic E-state index is 13.0. The van der Waals surface area contributed by atoms with Crippen LogP contribution in [-0.4, -0.2) is 30.9 Å². The van der Waals surface area contributed by atoms with Crippen molar-refractivity contribution in [2.75, 3.05) is 5.32 Å². The van der Waals surface area contributed by atoms with Crippen LogP contribution in [0.4, 0.5) is 10.3 Å². The highest BCUT2D eigenvalue weighted by molar-refractivity contribution is 6.34. The van der Waals surface area contributed by atoms with Crippen molar-refractivity contribution in [1.29, 1.82) is 0 Å². The van der Waals surface area contributed by atoms with Crippen LogP contribution in [0.25, 0.3) is 0 Å². The third kappa shape index (κ3) is 3.49. The number of nitrogens with one attached hydrogen (secondary N) is 2. The molecule has 0 atom stereocenters. The molecule has 3 aromatic rings. The van der Waals surface area contributed by atoms with Gasteiger partial charge in [-0.25, -0.2) is 14.1 Å². The Kier molecular flexibility index (Phi) is 4.26. The third-order valence-electron chi connectivity index (χ3n) is 2.93. The summed E-state index contributed by atoms with van der Waals surface area (Å²) in [5.41, 5.74) is 0.789. The minimum Gasteiger partial charge on any atom is -0.288 e. The summed E-state index contributed by atoms with van der Waals surface area (Å²) in [7, 11) is 0. The lowest BCUT2D eigenvalue weighted by Crippen LogP contribution is -2.14. The number of halogens is 3. The van der Waals surface area contributed by atoms with E-state index in [-0.39, 0.29) is 28.2 Å². The fraction of sp³-hybridized carbons (Fsp3) is 0.0769. The zero-order chi connectivity index (χ0) is 16.4. The van der Waals surface area contributed by atoms with Gasteiger partial charge in [0.25, 0.3) is 5.91 Å². The van der Waals surface area contributed by atoms with E-state index < -0.39 is 11.7 Å². The van der Waals surface area contributed by atoms with Gasteiger partial charge in [0, 0.05) is 5.02 Å². The molecule has 0 saturated carbocycles. The summed E-state index contributed by atoms with van der Waals surface area (Å²) in [6.07, 6.45) is 2.74. The first kappa shape index (κ1) is 15.4. The molecule has 0 bridgehead atoms. The van der Waals surface area contributed by atoms with Crippen LogP contribution in [0.15, 0.2) is 30.7 Å². The molecular weight excluding hydrogens is 346 g/mol. The highest BCUT2D eigenvalue weighted by Gasteiger charge is 2.14. The van der Waals surface area contributed by atoms with Gasteiger partial charge in [-0.2, -0.15) is 5.10 Å². The van der Waals surface area contributed by atoms with E-state index in [2.05, 4.69) is 25.6 Å². The summed E-state index contributed by atoms with van der Waals surface area (Å²) >= 11 is 11.8. The molecule has 2 aromatic heterocycles. The maximum absolute atomic E-state index is 13.0. The first-order valence-corrected chi connectivity index (χ1v) is 7.12. The fourth-order valence-corrected chi connectivity index (χ4v) is 2.25. The number of carbonyl (C=O) groups excluding carboxylic acids is 1. The summed E-state index contributed by atoms with van der Waals surface area (Å²) < 4.78 is 14.5. The van der Waals surface area contributed by atoms with Crippen LogP contribution in [-0.2, 0) is 6.54 Å². The summed E-state index contributed by atoms with van der Waals surface area (Å²) in [6, 6.07) is 4.08. The van der Waals surface area contributed by atoms with E-state index in [9.17, 15) is 9.18 Å². The second-order valence-corrected chi connectivity index (χ2v) is 5.36. The molecule has 2 heterocycles. The Labute approximate surface area is 139 Å². The number of nitrogens with zero attached hydrogens (tertiary/aromatic N) is 4. The molecule has 0 aliphatic carbocycles. The van der Waals surface area contributed by atoms with Gasteiger partial charge in [0.2, 0.25) is 5.95 Å². The number of aromatic amines is 1. The van der Waals surface area contributed by atoms with Crippen LogP contribution < -0.4 is 5.32 Å². The van der Waals surface area contributed by atoms with E-state index in [0.717, 1.165) is 0 Å². The molecule has 0 fully saturated rings. The molecule has 0 saturated heterocycles. The predicted octanol–water partition coefficient (Wildman–Crippen LogP) is 2.75. The molecule has 2 N–H and O–H groups in total. The van der Waals surface area contributed by atoms with Crippen molar-refractivity contribution in [1.82, 2.24) is 25.0 Å². The number of amides is 1. The van der Waals surface area contributed by atoms with Crippen molar-refractivity contribution in [3.8, 4) is 0 Å². The lowest BCUT2D eigenvalue weighted by Gasteiger charge is -2.04. The van der Waals surface area contributed by atoms with E-state index in [0.29, 0.717) is 5.56 Å². The summed E-state index contributed by atoms with van der Waals surface area (Å²) in [4.78, 5) is 15.9. The molecule has 1 amide bonds. The second kappa shape index (κ2) is 6.35. The Morgan fingerprint density at radius 1 is 1.35 bits per heavy atom. The number of rotatable bonds is 4. The van der Waals surface area contributed by atoms with Crippen molar-refractivity contribution < 1.29 is 9.18 Å². The Bertz CT molecular complexity index is 862. The average molecular weight is 355 g/mol. The van der Waals surface area contributed by atoms with Crippen LogP contribution in [0.2, 0.25) is 10.0 Å². The molecule has 7 nitrogen and oxygen atoms in total. The molecule has 0 radical (unpaired) electrons. The molecule has 118 valence electrons. The third-order valence-corrected chi connectivity index (χ3v) is 3.57. The predicted molar refractivity (Wildman–Crippen MR) is 82.1 cm³/mol. The number of hydrogen-bond donors (Lipinski definition) is 2. The zero-order valence-electron chi connectivity index (χ0n) is 11.4. The van der Waals surface area contributed by atoms with Crippen molar-refractivity contribution in [2.45, 2.75) is 6.54 Å². The lowest BCUT2D eigenvalue weighted by molar-refractivity contribution is 0.102. The van der Waals surface area contributed by atoms with Crippen LogP contribution in [0.3, 0.4) is 0 Å². The summed E-state index contributed by atoms with van der Waals surface area (Å²) in [5.74, 6) is -0.828. The van der Waals surface area contributed by atoms with E-state index in [4.69, 9.17) is 23.2 Å². The van der Waals surface area contributed by atoms with Crippen molar-refractivity contribution >= 4 is 35.1 Å². The van der Waals surface area contributed by atoms with Gasteiger partial charge in [-0.05, 0) is 17.7 Å². The number of hydrogen-bond acceptors (Lipinski definition) is 4. The van der Waals surface area contributed by atoms with Gasteiger partial charge >= 0.3 is 0 Å². The summed E-state index contributed by atoms with van der Waals surface area (Å²) in [5, 5.41) is 13.2. The quantitative estimate of drug-likeness (QED) is 0.753. The van der Waals surface area contributed by atoms with Crippen LogP contribution in [0, 0.1) is 5.82 Å². The van der Waals surface area contributed by atoms with Crippen LogP contribution in [0.5, 0.6) is 0 Å². The fourth-order valence-electron chi connectivity index (χ4n) is 1.85. The SMILES string of the molecule is O=C(Nc1ncn(Cc2ccc(F)cc2Cl)n1)c1[nH]ncc1Cl. The smallest absolute Gasteiger partial charge is 0.277 e. The standard InChI is InChI=1S/C13H9Cl2FN6O/c14-9-3-8(16)2-1-7(9)5-22-6-17-13(21-22)19-12(23)11-10(15)4-18-20-11/h1-4,6H,5H2,(H,18,20)(H,19,21,23). The van der Waals surface area contributed by atoms with Crippen molar-refractivity contribution in [2.24, 2.45) is 0 Å². The van der Waals surface area contributed by atoms with Gasteiger partial charge in [0.15, 0.2) is 0 Å². The molecular formula is C13H9Cl2FN6O. The second-order valence-electron chi connectivity index (χ2n) is 4.55. The first-order valence-electron chi connectivity index (χ1n) is 6.36. The van der Waals surface area contributed by atoms with Gasteiger partial charge in [-0.3, -0.25) is 15.2 Å². The number of aromatic nitrogens is 5. The van der Waals surface area contributed by atoms with Gasteiger partial charge in [-0.1, -0.05) is 29.3 Å². The number of carbonyl (C=O) groups is 1. The summed E-state index contributed by atoms with van der Waals surface area (Å²) in [6.45, 7) is 0.285. The largest absolute Gasteiger partial charge is 0.288 e. The molecule has 0 aliphatic rings. The van der Waals surface area contributed by atoms with Gasteiger partial charge < -0.3 is 0 Å². The van der Waals surface area contributed by atoms with Crippen LogP contribution >= 0.6 is 23.2 Å². The van der Waals surface area contributed by atoms with Crippen molar-refractivity contribution in [3.05, 3.63) is 57.8 Å². The Morgan fingerprint density at radius 2 is 2.17 bits per heavy atom. The number of benzene rings is 1. The topological polar surface area (TPSA) is 88.5 Å². The molecule has 10 heteroatoms. The van der Waals surface area contributed by atoms with Gasteiger partial charge in [0.05, 0.1) is 17.8 Å². The highest BCUT2D eigenvalue weighted by Crippen LogP contribution is 2.18. The Balaban J connectivity index is 1.71. The van der Waals surface area contributed by atoms with Crippen LogP contribution in [0.1, 0.15) is 16.1 Å². The monoisotopic (exact) mass is 354 g/mol. The van der Waals surface area contributed by atoms with E-state index in [1.807, 2.05) is 0 Å². The van der Waals surface area contributed by atoms with E-state index in [1.54, 1.807) is 6.07 Å². The van der Waals surface area contributed by atoms with Gasteiger partial charge in [0.1, 0.15) is 17.8 Å². The molecule has 3 rings (SSSR count). The normalized spacial score (nSPS) is 10.7. The Morgan fingerprint density at radius 3 is 2.87 bits per heavy atom. The molecule has 1 aromatic carbocycles. The maximum Gasteiger partial charge on any atom is 0.277 e. The molecule has 0 spiro atoms. The average Bonchev–Trinajstić information content (AvgIpc) is 3.11.